The van der Waals surface area contributed by atoms with E-state index in [0.29, 0.717) is 24.0 Å². The summed E-state index contributed by atoms with van der Waals surface area (Å²) in [6.45, 7) is 1.92. The van der Waals surface area contributed by atoms with Crippen LogP contribution in [-0.2, 0) is 14.3 Å². The van der Waals surface area contributed by atoms with Crippen LogP contribution in [0.5, 0.6) is 0 Å². The SMILES string of the molecule is CC1=C(C(=O)OC2CCCC2)[C@@H](c2cccc3ccccc23)C2=C(C[C@H](c3ccco3)CC2=O)N1. The maximum absolute atomic E-state index is 13.8. The van der Waals surface area contributed by atoms with Crippen LogP contribution in [0, 0.1) is 0 Å². The Hall–Kier alpha value is -3.60. The molecular formula is C30H29NO4. The van der Waals surface area contributed by atoms with Crippen molar-refractivity contribution in [3.63, 3.8) is 0 Å². The van der Waals surface area contributed by atoms with Crippen LogP contribution in [0.25, 0.3) is 10.8 Å². The monoisotopic (exact) mass is 467 g/mol. The summed E-state index contributed by atoms with van der Waals surface area (Å²) in [7, 11) is 0. The van der Waals surface area contributed by atoms with Gasteiger partial charge in [-0.05, 0) is 67.5 Å². The van der Waals surface area contributed by atoms with E-state index >= 15 is 0 Å². The highest BCUT2D eigenvalue weighted by atomic mass is 16.5. The van der Waals surface area contributed by atoms with Crippen molar-refractivity contribution in [3.05, 3.63) is 94.7 Å². The average Bonchev–Trinajstić information content (AvgIpc) is 3.57. The molecule has 1 aliphatic heterocycles. The number of allylic oxidation sites excluding steroid dienone is 3. The van der Waals surface area contributed by atoms with E-state index in [0.717, 1.165) is 59.2 Å². The molecule has 178 valence electrons. The number of carbonyl (C=O) groups is 2. The number of dihydropyridines is 1. The third-order valence-electron chi connectivity index (χ3n) is 7.70. The number of hydrogen-bond donors (Lipinski definition) is 1. The summed E-state index contributed by atoms with van der Waals surface area (Å²) >= 11 is 0. The minimum Gasteiger partial charge on any atom is -0.469 e. The standard InChI is InChI=1S/C30H29NO4/c1-18-27(30(33)35-21-10-3-4-11-21)28(23-13-6-9-19-8-2-5-12-22(19)23)29-24(31-18)16-20(17-25(29)32)26-14-7-15-34-26/h2,5-9,12-15,20-21,28,31H,3-4,10-11,16-17H2,1H3/t20-,28+/m0/s1. The summed E-state index contributed by atoms with van der Waals surface area (Å²) in [6, 6.07) is 18.1. The zero-order valence-electron chi connectivity index (χ0n) is 19.9. The molecule has 5 nitrogen and oxygen atoms in total. The van der Waals surface area contributed by atoms with Crippen LogP contribution < -0.4 is 5.32 Å². The molecule has 0 bridgehead atoms. The van der Waals surface area contributed by atoms with Gasteiger partial charge in [0.05, 0.1) is 11.8 Å². The van der Waals surface area contributed by atoms with Gasteiger partial charge in [0.25, 0.3) is 0 Å². The Kier molecular flexibility index (Phi) is 5.56. The molecule has 2 heterocycles. The zero-order valence-corrected chi connectivity index (χ0v) is 19.9. The highest BCUT2D eigenvalue weighted by molar-refractivity contribution is 6.05. The molecule has 0 saturated heterocycles. The van der Waals surface area contributed by atoms with Crippen LogP contribution in [-0.4, -0.2) is 17.9 Å². The van der Waals surface area contributed by atoms with E-state index in [1.807, 2.05) is 43.3 Å². The molecule has 5 heteroatoms. The molecule has 35 heavy (non-hydrogen) atoms. The fraction of sp³-hybridized carbons (Fsp3) is 0.333. The second-order valence-electron chi connectivity index (χ2n) is 9.91. The first-order chi connectivity index (χ1) is 17.1. The topological polar surface area (TPSA) is 68.5 Å². The van der Waals surface area contributed by atoms with E-state index in [1.54, 1.807) is 6.26 Å². The Labute approximate surface area is 204 Å². The summed E-state index contributed by atoms with van der Waals surface area (Å²) in [5.41, 5.74) is 3.86. The van der Waals surface area contributed by atoms with Crippen LogP contribution in [0.3, 0.4) is 0 Å². The predicted octanol–water partition coefficient (Wildman–Crippen LogP) is 6.28. The molecule has 3 aromatic rings. The molecule has 0 spiro atoms. The van der Waals surface area contributed by atoms with Crippen molar-refractivity contribution >= 4 is 22.5 Å². The lowest BCUT2D eigenvalue weighted by Crippen LogP contribution is -2.36. The molecule has 1 fully saturated rings. The molecule has 3 aliphatic rings. The van der Waals surface area contributed by atoms with Gasteiger partial charge in [-0.15, -0.1) is 0 Å². The van der Waals surface area contributed by atoms with Gasteiger partial charge < -0.3 is 14.5 Å². The van der Waals surface area contributed by atoms with Gasteiger partial charge in [-0.25, -0.2) is 4.79 Å². The Morgan fingerprint density at radius 3 is 2.60 bits per heavy atom. The lowest BCUT2D eigenvalue weighted by atomic mass is 9.71. The molecule has 0 radical (unpaired) electrons. The van der Waals surface area contributed by atoms with Crippen LogP contribution in [0.15, 0.2) is 87.8 Å². The lowest BCUT2D eigenvalue weighted by Gasteiger charge is -2.36. The van der Waals surface area contributed by atoms with Gasteiger partial charge >= 0.3 is 5.97 Å². The minimum atomic E-state index is -0.462. The van der Waals surface area contributed by atoms with E-state index in [2.05, 4.69) is 23.5 Å². The first kappa shape index (κ1) is 21.9. The summed E-state index contributed by atoms with van der Waals surface area (Å²) in [5, 5.41) is 5.58. The van der Waals surface area contributed by atoms with Crippen molar-refractivity contribution in [1.82, 2.24) is 5.32 Å². The number of rotatable bonds is 4. The third kappa shape index (κ3) is 3.89. The number of carbonyl (C=O) groups excluding carboxylic acids is 2. The number of Topliss-reactive ketones (excluding diaryl/α,β-unsaturated/α-hetero) is 1. The Balaban J connectivity index is 1.48. The van der Waals surface area contributed by atoms with Gasteiger partial charge in [-0.2, -0.15) is 0 Å². The van der Waals surface area contributed by atoms with Gasteiger partial charge in [0.2, 0.25) is 0 Å². The summed E-state index contributed by atoms with van der Waals surface area (Å²) < 4.78 is 11.6. The second-order valence-corrected chi connectivity index (χ2v) is 9.91. The lowest BCUT2D eigenvalue weighted by molar-refractivity contribution is -0.144. The van der Waals surface area contributed by atoms with Crippen molar-refractivity contribution in [1.29, 1.82) is 0 Å². The third-order valence-corrected chi connectivity index (χ3v) is 7.70. The fourth-order valence-corrected chi connectivity index (χ4v) is 6.07. The number of furan rings is 1. The predicted molar refractivity (Wildman–Crippen MR) is 134 cm³/mol. The molecular weight excluding hydrogens is 438 g/mol. The van der Waals surface area contributed by atoms with Crippen molar-refractivity contribution in [2.75, 3.05) is 0 Å². The molecule has 0 unspecified atom stereocenters. The molecule has 1 aromatic heterocycles. The largest absolute Gasteiger partial charge is 0.469 e. The van der Waals surface area contributed by atoms with Crippen LogP contribution in [0.4, 0.5) is 0 Å². The Morgan fingerprint density at radius 1 is 1.00 bits per heavy atom. The maximum Gasteiger partial charge on any atom is 0.337 e. The van der Waals surface area contributed by atoms with Gasteiger partial charge in [-0.3, -0.25) is 4.79 Å². The number of benzene rings is 2. The maximum atomic E-state index is 13.8. The Bertz CT molecular complexity index is 1350. The van der Waals surface area contributed by atoms with Gasteiger partial charge in [0, 0.05) is 35.2 Å². The molecule has 6 rings (SSSR count). The summed E-state index contributed by atoms with van der Waals surface area (Å²) in [6.07, 6.45) is 6.61. The Morgan fingerprint density at radius 2 is 1.80 bits per heavy atom. The molecule has 1 saturated carbocycles. The van der Waals surface area contributed by atoms with Gasteiger partial charge in [-0.1, -0.05) is 42.5 Å². The van der Waals surface area contributed by atoms with E-state index in [1.165, 1.54) is 0 Å². The van der Waals surface area contributed by atoms with E-state index in [4.69, 9.17) is 9.15 Å². The molecule has 2 atom stereocenters. The molecule has 0 amide bonds. The summed E-state index contributed by atoms with van der Waals surface area (Å²) in [5.74, 6) is 0.0820. The molecule has 2 aromatic carbocycles. The zero-order chi connectivity index (χ0) is 23.9. The second kappa shape index (κ2) is 8.88. The van der Waals surface area contributed by atoms with E-state index in [-0.39, 0.29) is 23.8 Å². The average molecular weight is 468 g/mol. The normalized spacial score (nSPS) is 22.9. The number of ketones is 1. The van der Waals surface area contributed by atoms with E-state index < -0.39 is 5.92 Å². The highest BCUT2D eigenvalue weighted by Crippen LogP contribution is 2.47. The smallest absolute Gasteiger partial charge is 0.337 e. The highest BCUT2D eigenvalue weighted by Gasteiger charge is 2.42. The quantitative estimate of drug-likeness (QED) is 0.457. The fourth-order valence-electron chi connectivity index (χ4n) is 6.07. The minimum absolute atomic E-state index is 0.0169. The number of hydrogen-bond acceptors (Lipinski definition) is 5. The number of fused-ring (bicyclic) bond motifs is 1. The molecule has 1 N–H and O–H groups in total. The number of nitrogens with one attached hydrogen (secondary N) is 1. The van der Waals surface area contributed by atoms with Gasteiger partial charge in [0.15, 0.2) is 5.78 Å². The van der Waals surface area contributed by atoms with Crippen LogP contribution >= 0.6 is 0 Å². The number of ether oxygens (including phenoxy) is 1. The van der Waals surface area contributed by atoms with E-state index in [9.17, 15) is 9.59 Å². The summed E-state index contributed by atoms with van der Waals surface area (Å²) in [4.78, 5) is 27.4. The molecule has 2 aliphatic carbocycles. The van der Waals surface area contributed by atoms with Crippen molar-refractivity contribution < 1.29 is 18.7 Å². The number of esters is 1. The first-order valence-electron chi connectivity index (χ1n) is 12.6. The first-order valence-corrected chi connectivity index (χ1v) is 12.6. The van der Waals surface area contributed by atoms with Crippen molar-refractivity contribution in [2.45, 2.75) is 63.4 Å². The van der Waals surface area contributed by atoms with Crippen molar-refractivity contribution in [3.8, 4) is 0 Å². The van der Waals surface area contributed by atoms with Crippen LogP contribution in [0.1, 0.15) is 68.6 Å². The van der Waals surface area contributed by atoms with Crippen LogP contribution in [0.2, 0.25) is 0 Å². The van der Waals surface area contributed by atoms with Crippen molar-refractivity contribution in [2.24, 2.45) is 0 Å². The van der Waals surface area contributed by atoms with Gasteiger partial charge in [0.1, 0.15) is 11.9 Å².